The summed E-state index contributed by atoms with van der Waals surface area (Å²) in [6, 6.07) is 2.26. The van der Waals surface area contributed by atoms with Crippen LogP contribution in [0.15, 0.2) is 18.2 Å². The highest BCUT2D eigenvalue weighted by atomic mass is 19.4. The molecule has 2 saturated carbocycles. The van der Waals surface area contributed by atoms with Crippen LogP contribution in [0.4, 0.5) is 17.6 Å². The number of rotatable bonds is 3. The molecule has 2 aliphatic rings. The largest absolute Gasteiger partial charge is 0.460 e. The number of hydrogen-bond donors (Lipinski definition) is 0. The van der Waals surface area contributed by atoms with Gasteiger partial charge in [0.1, 0.15) is 12.4 Å². The van der Waals surface area contributed by atoms with Crippen molar-refractivity contribution in [1.82, 2.24) is 0 Å². The van der Waals surface area contributed by atoms with Gasteiger partial charge in [-0.1, -0.05) is 12.5 Å². The molecular formula is C18H20F4O2. The molecule has 1 spiro atoms. The number of carbonyl (C=O) groups excluding carboxylic acids is 1. The topological polar surface area (TPSA) is 26.3 Å². The highest BCUT2D eigenvalue weighted by molar-refractivity contribution is 5.72. The fourth-order valence-corrected chi connectivity index (χ4v) is 3.75. The molecule has 132 valence electrons. The second-order valence-electron chi connectivity index (χ2n) is 7.04. The third kappa shape index (κ3) is 3.57. The minimum Gasteiger partial charge on any atom is -0.460 e. The number of halogens is 4. The minimum atomic E-state index is -4.59. The average molecular weight is 344 g/mol. The fourth-order valence-electron chi connectivity index (χ4n) is 3.75. The van der Waals surface area contributed by atoms with Gasteiger partial charge in [-0.05, 0) is 56.1 Å². The van der Waals surface area contributed by atoms with E-state index in [0.29, 0.717) is 11.5 Å². The van der Waals surface area contributed by atoms with Gasteiger partial charge in [0.15, 0.2) is 0 Å². The van der Waals surface area contributed by atoms with E-state index in [0.717, 1.165) is 37.8 Å². The van der Waals surface area contributed by atoms with Crippen LogP contribution in [0.25, 0.3) is 0 Å². The van der Waals surface area contributed by atoms with Crippen LogP contribution >= 0.6 is 0 Å². The third-order valence-corrected chi connectivity index (χ3v) is 5.54. The number of hydrogen-bond acceptors (Lipinski definition) is 2. The normalized spacial score (nSPS) is 20.7. The molecule has 0 radical (unpaired) electrons. The molecule has 0 aromatic heterocycles. The molecule has 0 N–H and O–H groups in total. The summed E-state index contributed by atoms with van der Waals surface area (Å²) in [4.78, 5) is 12.1. The van der Waals surface area contributed by atoms with Gasteiger partial charge in [-0.25, -0.2) is 4.39 Å². The van der Waals surface area contributed by atoms with Crippen molar-refractivity contribution in [1.29, 1.82) is 0 Å². The van der Waals surface area contributed by atoms with Crippen LogP contribution < -0.4 is 0 Å². The van der Waals surface area contributed by atoms with Crippen LogP contribution in [0.3, 0.4) is 0 Å². The van der Waals surface area contributed by atoms with E-state index in [2.05, 4.69) is 0 Å². The second-order valence-corrected chi connectivity index (χ2v) is 7.04. The predicted octanol–water partition coefficient (Wildman–Crippen LogP) is 5.25. The van der Waals surface area contributed by atoms with Gasteiger partial charge in [0.05, 0.1) is 11.5 Å². The second kappa shape index (κ2) is 6.37. The zero-order valence-electron chi connectivity index (χ0n) is 13.3. The molecule has 0 saturated heterocycles. The SMILES string of the molecule is O=C(OCc1ccc(C(F)(F)F)cc1F)C1CCC2(CCC2)CC1. The van der Waals surface area contributed by atoms with E-state index >= 15 is 0 Å². The summed E-state index contributed by atoms with van der Waals surface area (Å²) in [5.41, 5.74) is -0.646. The first kappa shape index (κ1) is 17.2. The molecule has 1 aromatic carbocycles. The lowest BCUT2D eigenvalue weighted by molar-refractivity contribution is -0.152. The van der Waals surface area contributed by atoms with Gasteiger partial charge in [-0.3, -0.25) is 4.79 Å². The van der Waals surface area contributed by atoms with Crippen molar-refractivity contribution >= 4 is 5.97 Å². The van der Waals surface area contributed by atoms with Crippen LogP contribution in [0.5, 0.6) is 0 Å². The van der Waals surface area contributed by atoms with Gasteiger partial charge in [0.2, 0.25) is 0 Å². The molecule has 0 atom stereocenters. The van der Waals surface area contributed by atoms with Crippen LogP contribution in [0, 0.1) is 17.2 Å². The Morgan fingerprint density at radius 3 is 2.33 bits per heavy atom. The summed E-state index contributed by atoms with van der Waals surface area (Å²) >= 11 is 0. The molecule has 2 aliphatic carbocycles. The maximum Gasteiger partial charge on any atom is 0.416 e. The molecule has 24 heavy (non-hydrogen) atoms. The van der Waals surface area contributed by atoms with E-state index in [-0.39, 0.29) is 24.1 Å². The molecular weight excluding hydrogens is 324 g/mol. The molecule has 0 aliphatic heterocycles. The molecule has 0 amide bonds. The number of esters is 1. The van der Waals surface area contributed by atoms with Gasteiger partial charge in [-0.15, -0.1) is 0 Å². The standard InChI is InChI=1S/C18H20F4O2/c19-15-10-14(18(20,21)22)3-2-13(15)11-24-16(23)12-4-8-17(9-5-12)6-1-7-17/h2-3,10,12H,1,4-9,11H2. The Morgan fingerprint density at radius 2 is 1.83 bits per heavy atom. The Kier molecular flexibility index (Phi) is 4.58. The van der Waals surface area contributed by atoms with Crippen molar-refractivity contribution in [2.45, 2.75) is 57.7 Å². The molecule has 6 heteroatoms. The van der Waals surface area contributed by atoms with E-state index < -0.39 is 17.6 Å². The summed E-state index contributed by atoms with van der Waals surface area (Å²) < 4.78 is 56.4. The summed E-state index contributed by atoms with van der Waals surface area (Å²) in [5.74, 6) is -1.55. The number of benzene rings is 1. The van der Waals surface area contributed by atoms with Crippen LogP contribution in [-0.2, 0) is 22.3 Å². The van der Waals surface area contributed by atoms with E-state index in [9.17, 15) is 22.4 Å². The fraction of sp³-hybridized carbons (Fsp3) is 0.611. The van der Waals surface area contributed by atoms with Gasteiger partial charge < -0.3 is 4.74 Å². The Labute approximate surface area is 138 Å². The lowest BCUT2D eigenvalue weighted by Crippen LogP contribution is -2.36. The summed E-state index contributed by atoms with van der Waals surface area (Å²) in [6.45, 7) is -0.329. The van der Waals surface area contributed by atoms with Crippen molar-refractivity contribution in [3.63, 3.8) is 0 Å². The van der Waals surface area contributed by atoms with E-state index in [1.165, 1.54) is 19.3 Å². The summed E-state index contributed by atoms with van der Waals surface area (Å²) in [5, 5.41) is 0. The van der Waals surface area contributed by atoms with Crippen molar-refractivity contribution in [3.8, 4) is 0 Å². The Morgan fingerprint density at radius 1 is 1.17 bits per heavy atom. The summed E-state index contributed by atoms with van der Waals surface area (Å²) in [6.07, 6.45) is 2.79. The smallest absolute Gasteiger partial charge is 0.416 e. The van der Waals surface area contributed by atoms with Gasteiger partial charge in [0.25, 0.3) is 0 Å². The zero-order valence-corrected chi connectivity index (χ0v) is 13.3. The maximum atomic E-state index is 13.7. The lowest BCUT2D eigenvalue weighted by atomic mass is 9.59. The van der Waals surface area contributed by atoms with E-state index in [4.69, 9.17) is 4.74 Å². The van der Waals surface area contributed by atoms with Gasteiger partial charge in [0, 0.05) is 5.56 Å². The van der Waals surface area contributed by atoms with Crippen molar-refractivity contribution in [3.05, 3.63) is 35.1 Å². The van der Waals surface area contributed by atoms with Crippen molar-refractivity contribution in [2.75, 3.05) is 0 Å². The first-order chi connectivity index (χ1) is 11.3. The van der Waals surface area contributed by atoms with Crippen LogP contribution in [-0.4, -0.2) is 5.97 Å². The van der Waals surface area contributed by atoms with Crippen LogP contribution in [0.2, 0.25) is 0 Å². The monoisotopic (exact) mass is 344 g/mol. The van der Waals surface area contributed by atoms with Gasteiger partial charge in [-0.2, -0.15) is 13.2 Å². The maximum absolute atomic E-state index is 13.7. The average Bonchev–Trinajstić information content (AvgIpc) is 2.51. The molecule has 2 nitrogen and oxygen atoms in total. The molecule has 2 fully saturated rings. The minimum absolute atomic E-state index is 0.0392. The molecule has 0 heterocycles. The Hall–Kier alpha value is -1.59. The van der Waals surface area contributed by atoms with E-state index in [1.54, 1.807) is 0 Å². The first-order valence-corrected chi connectivity index (χ1v) is 8.31. The highest BCUT2D eigenvalue weighted by Gasteiger charge is 2.41. The molecule has 0 unspecified atom stereocenters. The van der Waals surface area contributed by atoms with Crippen molar-refractivity contribution in [2.24, 2.45) is 11.3 Å². The third-order valence-electron chi connectivity index (χ3n) is 5.54. The number of alkyl halides is 3. The lowest BCUT2D eigenvalue weighted by Gasteiger charge is -2.46. The number of ether oxygens (including phenoxy) is 1. The Balaban J connectivity index is 1.53. The predicted molar refractivity (Wildman–Crippen MR) is 79.4 cm³/mol. The van der Waals surface area contributed by atoms with E-state index in [1.807, 2.05) is 0 Å². The first-order valence-electron chi connectivity index (χ1n) is 8.31. The number of carbonyl (C=O) groups is 1. The summed E-state index contributed by atoms with van der Waals surface area (Å²) in [7, 11) is 0. The molecule has 0 bridgehead atoms. The van der Waals surface area contributed by atoms with Crippen LogP contribution in [0.1, 0.15) is 56.1 Å². The Bertz CT molecular complexity index is 610. The van der Waals surface area contributed by atoms with Crippen molar-refractivity contribution < 1.29 is 27.1 Å². The molecule has 1 aromatic rings. The van der Waals surface area contributed by atoms with Gasteiger partial charge >= 0.3 is 12.1 Å². The quantitative estimate of drug-likeness (QED) is 0.553. The molecule has 3 rings (SSSR count). The highest BCUT2D eigenvalue weighted by Crippen LogP contribution is 2.52. The zero-order chi connectivity index (χ0) is 17.4.